The fourth-order valence-electron chi connectivity index (χ4n) is 3.03. The average Bonchev–Trinajstić information content (AvgIpc) is 3.00. The van der Waals surface area contributed by atoms with Gasteiger partial charge in [-0.25, -0.2) is 8.42 Å². The number of hydrogen-bond acceptors (Lipinski definition) is 4. The molecule has 0 saturated carbocycles. The molecule has 7 heteroatoms. The highest BCUT2D eigenvalue weighted by atomic mass is 32.2. The van der Waals surface area contributed by atoms with Crippen molar-refractivity contribution in [2.24, 2.45) is 0 Å². The molecule has 1 aromatic carbocycles. The van der Waals surface area contributed by atoms with Crippen LogP contribution in [0.5, 0.6) is 0 Å². The first-order valence-electron chi connectivity index (χ1n) is 8.10. The van der Waals surface area contributed by atoms with Gasteiger partial charge in [0.05, 0.1) is 4.90 Å². The summed E-state index contributed by atoms with van der Waals surface area (Å²) in [6.45, 7) is 5.51. The van der Waals surface area contributed by atoms with Crippen LogP contribution in [0.3, 0.4) is 0 Å². The highest BCUT2D eigenvalue weighted by Crippen LogP contribution is 2.26. The second-order valence-electron chi connectivity index (χ2n) is 5.67. The van der Waals surface area contributed by atoms with E-state index < -0.39 is 10.0 Å². The van der Waals surface area contributed by atoms with Gasteiger partial charge in [0.1, 0.15) is 5.82 Å². The number of sulfonamides is 1. The Labute approximate surface area is 137 Å². The van der Waals surface area contributed by atoms with Gasteiger partial charge in [-0.2, -0.15) is 4.31 Å². The van der Waals surface area contributed by atoms with Crippen molar-refractivity contribution < 1.29 is 8.42 Å². The molecule has 0 fully saturated rings. The van der Waals surface area contributed by atoms with Gasteiger partial charge in [-0.05, 0) is 25.0 Å². The fourth-order valence-corrected chi connectivity index (χ4v) is 4.53. The minimum absolute atomic E-state index is 0.312. The molecule has 0 amide bonds. The third-order valence-electron chi connectivity index (χ3n) is 4.29. The van der Waals surface area contributed by atoms with Crippen molar-refractivity contribution in [2.45, 2.75) is 44.6 Å². The van der Waals surface area contributed by atoms with Crippen LogP contribution < -0.4 is 0 Å². The summed E-state index contributed by atoms with van der Waals surface area (Å²) in [6, 6.07) is 7.02. The van der Waals surface area contributed by atoms with E-state index in [2.05, 4.69) is 14.8 Å². The largest absolute Gasteiger partial charge is 0.311 e. The van der Waals surface area contributed by atoms with Gasteiger partial charge in [0.2, 0.25) is 10.0 Å². The van der Waals surface area contributed by atoms with E-state index in [1.807, 2.05) is 19.9 Å². The van der Waals surface area contributed by atoms with Crippen LogP contribution in [-0.2, 0) is 23.0 Å². The number of hydrogen-bond donors (Lipinski definition) is 0. The fraction of sp³-hybridized carbons (Fsp3) is 0.500. The summed E-state index contributed by atoms with van der Waals surface area (Å²) in [5.41, 5.74) is 0.805. The third-order valence-corrected chi connectivity index (χ3v) is 6.34. The van der Waals surface area contributed by atoms with E-state index >= 15 is 0 Å². The molecule has 0 spiro atoms. The van der Waals surface area contributed by atoms with Crippen molar-refractivity contribution >= 4 is 10.0 Å². The van der Waals surface area contributed by atoms with Crippen LogP contribution in [0.2, 0.25) is 0 Å². The van der Waals surface area contributed by atoms with Crippen LogP contribution in [0.25, 0.3) is 11.4 Å². The maximum absolute atomic E-state index is 12.7. The highest BCUT2D eigenvalue weighted by molar-refractivity contribution is 7.89. The van der Waals surface area contributed by atoms with E-state index in [0.717, 1.165) is 43.0 Å². The van der Waals surface area contributed by atoms with Gasteiger partial charge in [0.15, 0.2) is 5.82 Å². The number of aryl methyl sites for hydroxylation is 1. The van der Waals surface area contributed by atoms with E-state index in [1.165, 1.54) is 4.31 Å². The zero-order valence-corrected chi connectivity index (χ0v) is 14.4. The average molecular weight is 334 g/mol. The molecule has 0 radical (unpaired) electrons. The predicted molar refractivity (Wildman–Crippen MR) is 88.5 cm³/mol. The van der Waals surface area contributed by atoms with Crippen LogP contribution >= 0.6 is 0 Å². The lowest BCUT2D eigenvalue weighted by atomic mass is 10.1. The molecule has 1 aliphatic heterocycles. The Balaban J connectivity index is 2.02. The Kier molecular flexibility index (Phi) is 4.50. The van der Waals surface area contributed by atoms with E-state index in [0.29, 0.717) is 18.0 Å². The molecular weight excluding hydrogens is 312 g/mol. The van der Waals surface area contributed by atoms with Gasteiger partial charge >= 0.3 is 0 Å². The second kappa shape index (κ2) is 6.41. The maximum atomic E-state index is 12.7. The van der Waals surface area contributed by atoms with E-state index in [9.17, 15) is 8.42 Å². The van der Waals surface area contributed by atoms with Crippen LogP contribution in [0.4, 0.5) is 0 Å². The molecule has 1 aliphatic rings. The number of nitrogens with zero attached hydrogens (tertiary/aromatic N) is 4. The zero-order valence-electron chi connectivity index (χ0n) is 13.6. The Hall–Kier alpha value is -1.73. The molecule has 2 heterocycles. The molecule has 0 N–H and O–H groups in total. The molecule has 23 heavy (non-hydrogen) atoms. The number of benzene rings is 1. The van der Waals surface area contributed by atoms with E-state index in [4.69, 9.17) is 0 Å². The summed E-state index contributed by atoms with van der Waals surface area (Å²) < 4.78 is 28.9. The second-order valence-corrected chi connectivity index (χ2v) is 7.60. The highest BCUT2D eigenvalue weighted by Gasteiger charge is 2.23. The van der Waals surface area contributed by atoms with Crippen molar-refractivity contribution in [3.63, 3.8) is 0 Å². The van der Waals surface area contributed by atoms with Gasteiger partial charge in [-0.15, -0.1) is 10.2 Å². The minimum Gasteiger partial charge on any atom is -0.311 e. The van der Waals surface area contributed by atoms with Crippen LogP contribution in [0.1, 0.15) is 32.5 Å². The molecule has 6 nitrogen and oxygen atoms in total. The SMILES string of the molecule is CCN(CC)S(=O)(=O)c1cccc(-c2nnc3n2CCCC3)c1. The quantitative estimate of drug-likeness (QED) is 0.841. The first-order valence-corrected chi connectivity index (χ1v) is 9.54. The summed E-state index contributed by atoms with van der Waals surface area (Å²) >= 11 is 0. The van der Waals surface area contributed by atoms with Crippen LogP contribution in [0, 0.1) is 0 Å². The van der Waals surface area contributed by atoms with Crippen molar-refractivity contribution in [3.05, 3.63) is 30.1 Å². The molecule has 0 bridgehead atoms. The molecule has 3 rings (SSSR count). The lowest BCUT2D eigenvalue weighted by Crippen LogP contribution is -2.30. The van der Waals surface area contributed by atoms with Crippen LogP contribution in [-0.4, -0.2) is 40.6 Å². The summed E-state index contributed by atoms with van der Waals surface area (Å²) in [5.74, 6) is 1.75. The monoisotopic (exact) mass is 334 g/mol. The standard InChI is InChI=1S/C16H22N4O2S/c1-3-19(4-2)23(21,22)14-9-7-8-13(12-14)16-18-17-15-10-5-6-11-20(15)16/h7-9,12H,3-6,10-11H2,1-2H3. The van der Waals surface area contributed by atoms with Gasteiger partial charge < -0.3 is 4.57 Å². The van der Waals surface area contributed by atoms with Gasteiger partial charge in [0, 0.05) is 31.6 Å². The minimum atomic E-state index is -3.46. The Morgan fingerprint density at radius 2 is 1.96 bits per heavy atom. The topological polar surface area (TPSA) is 68.1 Å². The number of fused-ring (bicyclic) bond motifs is 1. The smallest absolute Gasteiger partial charge is 0.243 e. The molecule has 1 aromatic heterocycles. The molecule has 0 unspecified atom stereocenters. The molecule has 0 atom stereocenters. The van der Waals surface area contributed by atoms with Crippen molar-refractivity contribution in [1.29, 1.82) is 0 Å². The Morgan fingerprint density at radius 3 is 2.70 bits per heavy atom. The van der Waals surface area contributed by atoms with Gasteiger partial charge in [0.25, 0.3) is 0 Å². The first-order chi connectivity index (χ1) is 11.1. The first kappa shape index (κ1) is 16.1. The molecular formula is C16H22N4O2S. The lowest BCUT2D eigenvalue weighted by molar-refractivity contribution is 0.445. The van der Waals surface area contributed by atoms with E-state index in [1.54, 1.807) is 18.2 Å². The van der Waals surface area contributed by atoms with E-state index in [-0.39, 0.29) is 0 Å². The zero-order chi connectivity index (χ0) is 16.4. The van der Waals surface area contributed by atoms with Crippen molar-refractivity contribution in [3.8, 4) is 11.4 Å². The summed E-state index contributed by atoms with van der Waals surface area (Å²) in [5, 5.41) is 8.53. The Bertz CT molecular complexity index is 794. The predicted octanol–water partition coefficient (Wildman–Crippen LogP) is 2.31. The molecule has 124 valence electrons. The number of rotatable bonds is 5. The van der Waals surface area contributed by atoms with Crippen molar-refractivity contribution in [1.82, 2.24) is 19.1 Å². The van der Waals surface area contributed by atoms with Crippen LogP contribution in [0.15, 0.2) is 29.2 Å². The van der Waals surface area contributed by atoms with Crippen molar-refractivity contribution in [2.75, 3.05) is 13.1 Å². The Morgan fingerprint density at radius 1 is 1.17 bits per heavy atom. The van der Waals surface area contributed by atoms with Gasteiger partial charge in [-0.1, -0.05) is 26.0 Å². The third kappa shape index (κ3) is 2.90. The summed E-state index contributed by atoms with van der Waals surface area (Å²) in [4.78, 5) is 0.312. The summed E-state index contributed by atoms with van der Waals surface area (Å²) in [7, 11) is -3.46. The molecule has 2 aromatic rings. The number of aromatic nitrogens is 3. The summed E-state index contributed by atoms with van der Waals surface area (Å²) in [6.07, 6.45) is 3.18. The molecule has 0 aliphatic carbocycles. The normalized spacial score (nSPS) is 14.9. The van der Waals surface area contributed by atoms with Gasteiger partial charge in [-0.3, -0.25) is 0 Å². The molecule has 0 saturated heterocycles. The maximum Gasteiger partial charge on any atom is 0.243 e. The lowest BCUT2D eigenvalue weighted by Gasteiger charge is -2.19.